The van der Waals surface area contributed by atoms with Gasteiger partial charge < -0.3 is 0 Å². The van der Waals surface area contributed by atoms with Crippen molar-refractivity contribution >= 4 is 4.53 Å². The van der Waals surface area contributed by atoms with Gasteiger partial charge >= 0.3 is 53.4 Å². The number of rotatable bonds is 1. The normalized spacial score (nSPS) is 8.56. The molecule has 0 N–H and O–H groups in total. The maximum atomic E-state index is 11.7. The van der Waals surface area contributed by atoms with Gasteiger partial charge in [-0.05, 0) is 0 Å². The van der Waals surface area contributed by atoms with Crippen LogP contribution in [0.15, 0.2) is 30.3 Å². The number of halogens is 1. The molecule has 9 heavy (non-hydrogen) atoms. The Labute approximate surface area is 70.0 Å². The van der Waals surface area contributed by atoms with Gasteiger partial charge in [0.15, 0.2) is 0 Å². The summed E-state index contributed by atoms with van der Waals surface area (Å²) in [5.74, 6) is 0. The molecule has 0 heterocycles. The van der Waals surface area contributed by atoms with Crippen LogP contribution < -0.4 is 4.53 Å². The van der Waals surface area contributed by atoms with E-state index >= 15 is 0 Å². The van der Waals surface area contributed by atoms with Crippen LogP contribution >= 0.6 is 0 Å². The topological polar surface area (TPSA) is 0 Å². The number of hydrogen-bond donors (Lipinski definition) is 0. The summed E-state index contributed by atoms with van der Waals surface area (Å²) in [6.45, 7) is 0. The largest absolute Gasteiger partial charge is 0 e. The summed E-state index contributed by atoms with van der Waals surface area (Å²) >= 11 is 0.112. The van der Waals surface area contributed by atoms with Gasteiger partial charge in [0.1, 0.15) is 0 Å². The molecule has 0 aliphatic rings. The molecule has 0 bridgehead atoms. The molecule has 0 amide bonds. The first-order chi connectivity index (χ1) is 3.93. The van der Waals surface area contributed by atoms with Crippen LogP contribution in [0.2, 0.25) is 0 Å². The summed E-state index contributed by atoms with van der Waals surface area (Å²) in [6, 6.07) is 8.96. The van der Waals surface area contributed by atoms with Crippen molar-refractivity contribution in [3.8, 4) is 0 Å². The van der Waals surface area contributed by atoms with Crippen LogP contribution in [0.25, 0.3) is 0 Å². The van der Waals surface area contributed by atoms with Crippen molar-refractivity contribution in [3.05, 3.63) is 30.3 Å². The SMILES string of the molecule is [F][Ni][c]1ccccc1.[Ni]. The smallest absolute Gasteiger partial charge is 0 e. The summed E-state index contributed by atoms with van der Waals surface area (Å²) < 4.78 is 12.3. The van der Waals surface area contributed by atoms with Crippen molar-refractivity contribution in [2.45, 2.75) is 0 Å². The molecular weight excluding hydrogens is 208 g/mol. The minimum Gasteiger partial charge on any atom is 0 e. The van der Waals surface area contributed by atoms with Crippen LogP contribution in [0.5, 0.6) is 0 Å². The molecule has 56 valence electrons. The van der Waals surface area contributed by atoms with Gasteiger partial charge in [-0.25, -0.2) is 0 Å². The van der Waals surface area contributed by atoms with E-state index in [1.807, 2.05) is 18.2 Å². The molecule has 0 aliphatic heterocycles. The van der Waals surface area contributed by atoms with Crippen molar-refractivity contribution in [1.29, 1.82) is 0 Å². The van der Waals surface area contributed by atoms with E-state index in [2.05, 4.69) is 0 Å². The molecule has 1 rings (SSSR count). The third kappa shape index (κ3) is 2.98. The molecule has 0 radical (unpaired) electrons. The van der Waals surface area contributed by atoms with Gasteiger partial charge in [-0.15, -0.1) is 0 Å². The van der Waals surface area contributed by atoms with E-state index in [1.54, 1.807) is 12.1 Å². The standard InChI is InChI=1S/C6H5.FH.2Ni/c1-2-4-6-5-3-1;;;/h1-5H;1H;;/q;;;+1/p-1. The molecule has 0 saturated carbocycles. The number of hydrogen-bond acceptors (Lipinski definition) is 0. The van der Waals surface area contributed by atoms with Gasteiger partial charge in [0, 0.05) is 16.5 Å². The molecule has 1 aromatic rings. The van der Waals surface area contributed by atoms with E-state index in [1.165, 1.54) is 0 Å². The van der Waals surface area contributed by atoms with Gasteiger partial charge in [-0.1, -0.05) is 0 Å². The van der Waals surface area contributed by atoms with Crippen LogP contribution in [0.1, 0.15) is 0 Å². The Kier molecular flexibility index (Phi) is 5.04. The Morgan fingerprint density at radius 3 is 2.00 bits per heavy atom. The van der Waals surface area contributed by atoms with E-state index in [-0.39, 0.29) is 31.4 Å². The summed E-state index contributed by atoms with van der Waals surface area (Å²) in [4.78, 5) is 0. The van der Waals surface area contributed by atoms with E-state index in [4.69, 9.17) is 0 Å². The van der Waals surface area contributed by atoms with Crippen LogP contribution in [-0.2, 0) is 31.4 Å². The predicted octanol–water partition coefficient (Wildman–Crippen LogP) is 1.28. The van der Waals surface area contributed by atoms with E-state index in [0.29, 0.717) is 4.53 Å². The van der Waals surface area contributed by atoms with Crippen molar-refractivity contribution < 1.29 is 35.0 Å². The summed E-state index contributed by atoms with van der Waals surface area (Å²) in [5, 5.41) is 0. The third-order valence-electron chi connectivity index (χ3n) is 0.782. The molecule has 0 fully saturated rings. The average Bonchev–Trinajstić information content (AvgIpc) is 1.90. The zero-order valence-corrected chi connectivity index (χ0v) is 6.37. The zero-order chi connectivity index (χ0) is 5.82. The summed E-state index contributed by atoms with van der Waals surface area (Å²) in [7, 11) is 0. The Morgan fingerprint density at radius 2 is 1.67 bits per heavy atom. The maximum Gasteiger partial charge on any atom is 0 e. The number of benzene rings is 1. The van der Waals surface area contributed by atoms with Crippen molar-refractivity contribution in [2.75, 3.05) is 0 Å². The van der Waals surface area contributed by atoms with Gasteiger partial charge in [0.05, 0.1) is 0 Å². The fraction of sp³-hybridized carbons (Fsp3) is 0. The molecule has 0 aromatic heterocycles. The minimum absolute atomic E-state index is 0. The van der Waals surface area contributed by atoms with Crippen LogP contribution in [0.3, 0.4) is 0 Å². The second-order valence-electron chi connectivity index (χ2n) is 1.32. The van der Waals surface area contributed by atoms with Gasteiger partial charge in [0.2, 0.25) is 0 Å². The van der Waals surface area contributed by atoms with E-state index in [9.17, 15) is 3.61 Å². The van der Waals surface area contributed by atoms with Crippen LogP contribution in [-0.4, -0.2) is 0 Å². The Hall–Kier alpha value is 0.137. The van der Waals surface area contributed by atoms with E-state index < -0.39 is 0 Å². The summed E-state index contributed by atoms with van der Waals surface area (Å²) in [6.07, 6.45) is 0. The molecule has 3 heteroatoms. The monoisotopic (exact) mass is 212 g/mol. The molecule has 0 saturated heterocycles. The second kappa shape index (κ2) is 4.96. The van der Waals surface area contributed by atoms with Crippen molar-refractivity contribution in [3.63, 3.8) is 0 Å². The molecule has 0 nitrogen and oxygen atoms in total. The molecule has 0 unspecified atom stereocenters. The fourth-order valence-electron chi connectivity index (χ4n) is 0.443. The third-order valence-corrected chi connectivity index (χ3v) is 1.33. The predicted molar refractivity (Wildman–Crippen MR) is 27.2 cm³/mol. The first-order valence-corrected chi connectivity index (χ1v) is 3.06. The fourth-order valence-corrected chi connectivity index (χ4v) is 0.757. The first-order valence-electron chi connectivity index (χ1n) is 2.19. The van der Waals surface area contributed by atoms with Crippen LogP contribution in [0.4, 0.5) is 3.61 Å². The van der Waals surface area contributed by atoms with Crippen LogP contribution in [0, 0.1) is 0 Å². The van der Waals surface area contributed by atoms with Crippen molar-refractivity contribution in [1.82, 2.24) is 0 Å². The molecular formula is C6H5FNi2. The summed E-state index contributed by atoms with van der Waals surface area (Å²) in [5.41, 5.74) is 0. The van der Waals surface area contributed by atoms with Gasteiger partial charge in [-0.2, -0.15) is 0 Å². The molecule has 0 spiro atoms. The van der Waals surface area contributed by atoms with Crippen molar-refractivity contribution in [2.24, 2.45) is 0 Å². The maximum absolute atomic E-state index is 11.7. The Bertz CT molecular complexity index is 152. The molecule has 0 aliphatic carbocycles. The Morgan fingerprint density at radius 1 is 1.11 bits per heavy atom. The first kappa shape index (κ1) is 9.14. The molecule has 1 aromatic carbocycles. The minimum atomic E-state index is 0. The second-order valence-corrected chi connectivity index (χ2v) is 2.08. The Balaban J connectivity index is 0.000000640. The average molecular weight is 213 g/mol. The molecule has 0 atom stereocenters. The van der Waals surface area contributed by atoms with Gasteiger partial charge in [0.25, 0.3) is 0 Å². The van der Waals surface area contributed by atoms with Gasteiger partial charge in [-0.3, -0.25) is 0 Å². The quantitative estimate of drug-likeness (QED) is 0.617. The zero-order valence-electron chi connectivity index (χ0n) is 4.40. The van der Waals surface area contributed by atoms with E-state index in [0.717, 1.165) is 0 Å².